The third-order valence-corrected chi connectivity index (χ3v) is 12.2. The summed E-state index contributed by atoms with van der Waals surface area (Å²) in [5.74, 6) is -1.14. The average Bonchev–Trinajstić information content (AvgIpc) is 3.96. The molecule has 4 saturated carbocycles. The van der Waals surface area contributed by atoms with Crippen LogP contribution in [0.15, 0.2) is 60.9 Å². The van der Waals surface area contributed by atoms with Crippen LogP contribution in [0.25, 0.3) is 11.1 Å². The normalized spacial score (nSPS) is 17.8. The molecule has 4 aromatic rings. The predicted molar refractivity (Wildman–Crippen MR) is 204 cm³/mol. The van der Waals surface area contributed by atoms with E-state index in [2.05, 4.69) is 20.6 Å². The number of nitrogens with zero attached hydrogens (tertiary/aromatic N) is 2. The molecule has 0 spiro atoms. The predicted octanol–water partition coefficient (Wildman–Crippen LogP) is 7.70. The molecule has 8 rings (SSSR count). The maximum atomic E-state index is 13.7. The molecule has 10 heteroatoms. The Kier molecular flexibility index (Phi) is 9.20. The van der Waals surface area contributed by atoms with Crippen LogP contribution in [0.5, 0.6) is 0 Å². The lowest BCUT2D eigenvalue weighted by atomic mass is 9.90. The van der Waals surface area contributed by atoms with E-state index in [9.17, 15) is 29.4 Å². The van der Waals surface area contributed by atoms with Gasteiger partial charge in [-0.05, 0) is 158 Å². The molecule has 4 fully saturated rings. The Morgan fingerprint density at radius 3 is 1.98 bits per heavy atom. The number of nitrogens with one attached hydrogen (secondary N) is 2. The van der Waals surface area contributed by atoms with Crippen molar-refractivity contribution >= 4 is 29.3 Å². The number of benzene rings is 2. The van der Waals surface area contributed by atoms with Crippen molar-refractivity contribution in [1.82, 2.24) is 15.3 Å². The van der Waals surface area contributed by atoms with Gasteiger partial charge in [-0.25, -0.2) is 0 Å². The smallest absolute Gasteiger partial charge is 0.323 e. The lowest BCUT2D eigenvalue weighted by Crippen LogP contribution is -2.38. The zero-order valence-electron chi connectivity index (χ0n) is 30.8. The van der Waals surface area contributed by atoms with Crippen molar-refractivity contribution in [2.45, 2.75) is 108 Å². The number of hydrogen-bond donors (Lipinski definition) is 4. The molecule has 0 bridgehead atoms. The van der Waals surface area contributed by atoms with E-state index >= 15 is 0 Å². The molecule has 0 radical (unpaired) electrons. The lowest BCUT2D eigenvalue weighted by molar-refractivity contribution is -0.143. The van der Waals surface area contributed by atoms with Gasteiger partial charge in [-0.3, -0.25) is 34.5 Å². The van der Waals surface area contributed by atoms with Crippen LogP contribution in [0.1, 0.15) is 130 Å². The molecule has 0 aliphatic heterocycles. The second-order valence-corrected chi connectivity index (χ2v) is 16.0. The largest absolute Gasteiger partial charge is 0.481 e. The summed E-state index contributed by atoms with van der Waals surface area (Å²) in [6, 6.07) is 15.6. The summed E-state index contributed by atoms with van der Waals surface area (Å²) in [7, 11) is 0. The van der Waals surface area contributed by atoms with Crippen molar-refractivity contribution in [3.8, 4) is 11.1 Å². The van der Waals surface area contributed by atoms with Crippen molar-refractivity contribution < 1.29 is 29.4 Å². The number of hydrogen-bond acceptors (Lipinski definition) is 7. The first-order chi connectivity index (χ1) is 26.0. The SMILES string of the molecule is Cc1c(CC(=O)c2cc(C3CC3)c(CNC3(C(=O)O)CC3)cn2)cccc1-c1cccc(NC(=O)c2cc(C3CC3)c(CCC3(C(=O)O)CC3)cn2)c1C. The summed E-state index contributed by atoms with van der Waals surface area (Å²) >= 11 is 0. The first-order valence-electron chi connectivity index (χ1n) is 19.2. The van der Waals surface area contributed by atoms with Crippen molar-refractivity contribution in [2.24, 2.45) is 5.41 Å². The van der Waals surface area contributed by atoms with Crippen LogP contribution in [0.4, 0.5) is 5.69 Å². The fourth-order valence-corrected chi connectivity index (χ4v) is 7.81. The Labute approximate surface area is 314 Å². The molecular weight excluding hydrogens is 681 g/mol. The minimum absolute atomic E-state index is 0.0726. The highest BCUT2D eigenvalue weighted by Gasteiger charge is 2.50. The molecule has 0 atom stereocenters. The number of ketones is 1. The topological polar surface area (TPSA) is 159 Å². The van der Waals surface area contributed by atoms with Gasteiger partial charge in [-0.2, -0.15) is 0 Å². The number of carbonyl (C=O) groups is 4. The first kappa shape index (κ1) is 35.8. The van der Waals surface area contributed by atoms with Gasteiger partial charge in [0.15, 0.2) is 5.78 Å². The van der Waals surface area contributed by atoms with Crippen LogP contribution >= 0.6 is 0 Å². The Balaban J connectivity index is 0.970. The van der Waals surface area contributed by atoms with Gasteiger partial charge in [0.25, 0.3) is 5.91 Å². The number of aromatic nitrogens is 2. The summed E-state index contributed by atoms with van der Waals surface area (Å²) in [4.78, 5) is 59.7. The molecule has 0 unspecified atom stereocenters. The van der Waals surface area contributed by atoms with Gasteiger partial charge in [-0.15, -0.1) is 0 Å². The van der Waals surface area contributed by atoms with Gasteiger partial charge in [0.1, 0.15) is 16.9 Å². The number of carboxylic acids is 2. The van der Waals surface area contributed by atoms with E-state index in [-0.39, 0.29) is 18.1 Å². The van der Waals surface area contributed by atoms with Gasteiger partial charge in [-0.1, -0.05) is 30.3 Å². The quantitative estimate of drug-likeness (QED) is 0.0849. The molecule has 4 N–H and O–H groups in total. The standard InChI is InChI=1S/C44H46N4O6/c1-25-29(19-39(49)37-20-35(28-11-12-28)31(23-45-37)24-47-44(17-18-44)42(53)54)5-3-6-32(25)33-7-4-8-36(26(33)2)48-40(50)38-21-34(27-9-10-27)30(22-46-38)13-14-43(15-16-43)41(51)52/h3-8,20-23,27-28,47H,9-19,24H2,1-2H3,(H,48,50)(H,51,52)(H,53,54). The molecule has 278 valence electrons. The van der Waals surface area contributed by atoms with E-state index in [0.717, 1.165) is 88.6 Å². The zero-order chi connectivity index (χ0) is 37.8. The highest BCUT2D eigenvalue weighted by atomic mass is 16.4. The Bertz CT molecular complexity index is 2040. The van der Waals surface area contributed by atoms with Crippen molar-refractivity contribution in [3.05, 3.63) is 111 Å². The zero-order valence-corrected chi connectivity index (χ0v) is 30.8. The highest BCUT2D eigenvalue weighted by Crippen LogP contribution is 2.50. The van der Waals surface area contributed by atoms with Crippen molar-refractivity contribution in [2.75, 3.05) is 5.32 Å². The lowest BCUT2D eigenvalue weighted by Gasteiger charge is -2.17. The summed E-state index contributed by atoms with van der Waals surface area (Å²) < 4.78 is 0. The minimum atomic E-state index is -0.837. The fourth-order valence-electron chi connectivity index (χ4n) is 7.81. The van der Waals surface area contributed by atoms with Gasteiger partial charge < -0.3 is 15.5 Å². The molecule has 2 aromatic heterocycles. The molecule has 1 amide bonds. The maximum absolute atomic E-state index is 13.7. The molecule has 10 nitrogen and oxygen atoms in total. The van der Waals surface area contributed by atoms with Crippen LogP contribution < -0.4 is 10.6 Å². The first-order valence-corrected chi connectivity index (χ1v) is 19.2. The Morgan fingerprint density at radius 1 is 0.741 bits per heavy atom. The maximum Gasteiger partial charge on any atom is 0.323 e. The number of carboxylic acid groups (broad SMARTS) is 2. The molecule has 2 heterocycles. The van der Waals surface area contributed by atoms with Crippen molar-refractivity contribution in [1.29, 1.82) is 0 Å². The van der Waals surface area contributed by atoms with E-state index in [1.807, 2.05) is 62.4 Å². The van der Waals surface area contributed by atoms with Gasteiger partial charge in [0.2, 0.25) is 0 Å². The van der Waals surface area contributed by atoms with Crippen LogP contribution in [0.3, 0.4) is 0 Å². The summed E-state index contributed by atoms with van der Waals surface area (Å²) in [6.07, 6.45) is 11.8. The average molecular weight is 727 g/mol. The third-order valence-electron chi connectivity index (χ3n) is 12.2. The molecule has 2 aromatic carbocycles. The third kappa shape index (κ3) is 7.19. The monoisotopic (exact) mass is 726 g/mol. The number of carbonyl (C=O) groups excluding carboxylic acids is 2. The van der Waals surface area contributed by atoms with E-state index in [1.165, 1.54) is 0 Å². The summed E-state index contributed by atoms with van der Waals surface area (Å²) in [5, 5.41) is 25.5. The van der Waals surface area contributed by atoms with Crippen LogP contribution in [0, 0.1) is 19.3 Å². The molecule has 4 aliphatic carbocycles. The Morgan fingerprint density at radius 2 is 1.35 bits per heavy atom. The van der Waals surface area contributed by atoms with Gasteiger partial charge in [0.05, 0.1) is 5.41 Å². The second kappa shape index (κ2) is 13.9. The number of Topliss-reactive ketones (excluding diaryl/α,β-unsaturated/α-hetero) is 1. The summed E-state index contributed by atoms with van der Waals surface area (Å²) in [6.45, 7) is 4.41. The number of rotatable bonds is 16. The van der Waals surface area contributed by atoms with Gasteiger partial charge >= 0.3 is 11.9 Å². The fraction of sp³-hybridized carbons (Fsp3) is 0.409. The number of anilines is 1. The molecular formula is C44H46N4O6. The van der Waals surface area contributed by atoms with Crippen LogP contribution in [-0.2, 0) is 29.0 Å². The van der Waals surface area contributed by atoms with E-state index in [4.69, 9.17) is 0 Å². The van der Waals surface area contributed by atoms with E-state index < -0.39 is 22.9 Å². The van der Waals surface area contributed by atoms with Crippen LogP contribution in [-0.4, -0.2) is 49.3 Å². The van der Waals surface area contributed by atoms with Gasteiger partial charge in [0, 0.05) is 31.0 Å². The number of aryl methyl sites for hydroxylation is 1. The number of aliphatic carboxylic acids is 2. The van der Waals surface area contributed by atoms with E-state index in [1.54, 1.807) is 12.4 Å². The summed E-state index contributed by atoms with van der Waals surface area (Å²) in [5.41, 5.74) is 8.90. The Hall–Kier alpha value is -5.22. The van der Waals surface area contributed by atoms with Crippen molar-refractivity contribution in [3.63, 3.8) is 0 Å². The van der Waals surface area contributed by atoms with Crippen LogP contribution in [0.2, 0.25) is 0 Å². The molecule has 54 heavy (non-hydrogen) atoms. The number of amides is 1. The molecule has 4 aliphatic rings. The molecule has 0 saturated heterocycles. The van der Waals surface area contributed by atoms with E-state index in [0.29, 0.717) is 61.1 Å². The minimum Gasteiger partial charge on any atom is -0.481 e. The second-order valence-electron chi connectivity index (χ2n) is 16.0. The number of pyridine rings is 2. The highest BCUT2D eigenvalue weighted by molar-refractivity contribution is 6.04.